The minimum Gasteiger partial charge on any atom is -0.491 e. The smallest absolute Gasteiger partial charge is 0.227 e. The van der Waals surface area contributed by atoms with Gasteiger partial charge in [0.25, 0.3) is 0 Å². The first kappa shape index (κ1) is 13.2. The van der Waals surface area contributed by atoms with E-state index < -0.39 is 5.82 Å². The van der Waals surface area contributed by atoms with Gasteiger partial charge in [0.2, 0.25) is 5.95 Å². The van der Waals surface area contributed by atoms with Crippen LogP contribution in [0.25, 0.3) is 0 Å². The average Bonchev–Trinajstić information content (AvgIpc) is 2.44. The molecule has 0 atom stereocenters. The highest BCUT2D eigenvalue weighted by Gasteiger charge is 1.99. The third-order valence-corrected chi connectivity index (χ3v) is 2.29. The first-order valence-electron chi connectivity index (χ1n) is 5.74. The van der Waals surface area contributed by atoms with Crippen LogP contribution in [0.2, 0.25) is 0 Å². The van der Waals surface area contributed by atoms with Gasteiger partial charge in [-0.1, -0.05) is 0 Å². The fourth-order valence-electron chi connectivity index (χ4n) is 1.38. The van der Waals surface area contributed by atoms with Crippen LogP contribution in [0.4, 0.5) is 16.0 Å². The Hall–Kier alpha value is -2.21. The Morgan fingerprint density at radius 3 is 2.42 bits per heavy atom. The molecule has 1 heterocycles. The second-order valence-corrected chi connectivity index (χ2v) is 3.72. The predicted molar refractivity (Wildman–Crippen MR) is 69.1 cm³/mol. The summed E-state index contributed by atoms with van der Waals surface area (Å²) < 4.78 is 23.0. The lowest BCUT2D eigenvalue weighted by Crippen LogP contribution is -2.04. The van der Waals surface area contributed by atoms with Crippen molar-refractivity contribution in [2.24, 2.45) is 0 Å². The molecule has 1 aromatic carbocycles. The predicted octanol–water partition coefficient (Wildman–Crippen LogP) is 2.38. The summed E-state index contributed by atoms with van der Waals surface area (Å²) in [6.45, 7) is 1.05. The third-order valence-electron chi connectivity index (χ3n) is 2.29. The molecule has 0 spiro atoms. The average molecular weight is 263 g/mol. The summed E-state index contributed by atoms with van der Waals surface area (Å²) in [6.07, 6.45) is 2.22. The van der Waals surface area contributed by atoms with Gasteiger partial charge in [0.15, 0.2) is 5.82 Å². The number of halogens is 1. The van der Waals surface area contributed by atoms with Crippen molar-refractivity contribution in [3.8, 4) is 5.75 Å². The number of nitrogens with one attached hydrogen (secondary N) is 1. The molecular weight excluding hydrogens is 249 g/mol. The Balaban J connectivity index is 1.92. The minimum absolute atomic E-state index is 0.342. The maximum atomic E-state index is 12.6. The molecule has 1 aromatic heterocycles. The van der Waals surface area contributed by atoms with E-state index in [2.05, 4.69) is 15.3 Å². The summed E-state index contributed by atoms with van der Waals surface area (Å²) in [6, 6.07) is 7.30. The van der Waals surface area contributed by atoms with E-state index in [-0.39, 0.29) is 0 Å². The van der Waals surface area contributed by atoms with Gasteiger partial charge < -0.3 is 14.8 Å². The summed E-state index contributed by atoms with van der Waals surface area (Å²) >= 11 is 0. The van der Waals surface area contributed by atoms with E-state index in [1.165, 1.54) is 0 Å². The molecular formula is C13H14FN3O2. The lowest BCUT2D eigenvalue weighted by atomic mass is 10.3. The van der Waals surface area contributed by atoms with Crippen molar-refractivity contribution in [3.63, 3.8) is 0 Å². The number of nitrogens with zero attached hydrogens (tertiary/aromatic N) is 2. The monoisotopic (exact) mass is 263 g/mol. The molecule has 5 nitrogen and oxygen atoms in total. The number of anilines is 2. The normalized spacial score (nSPS) is 10.2. The molecule has 1 N–H and O–H groups in total. The van der Waals surface area contributed by atoms with Crippen molar-refractivity contribution in [3.05, 3.63) is 42.5 Å². The van der Waals surface area contributed by atoms with Crippen molar-refractivity contribution < 1.29 is 13.9 Å². The summed E-state index contributed by atoms with van der Waals surface area (Å²) in [5.41, 5.74) is 0.797. The van der Waals surface area contributed by atoms with Crippen molar-refractivity contribution in [1.82, 2.24) is 9.97 Å². The highest BCUT2D eigenvalue weighted by Crippen LogP contribution is 2.17. The SMILES string of the molecule is COCCOc1ccc(Nc2ncc(F)cn2)cc1. The van der Waals surface area contributed by atoms with Gasteiger partial charge in [-0.3, -0.25) is 0 Å². The van der Waals surface area contributed by atoms with E-state index in [0.717, 1.165) is 23.8 Å². The van der Waals surface area contributed by atoms with Crippen LogP contribution in [-0.4, -0.2) is 30.3 Å². The molecule has 6 heteroatoms. The van der Waals surface area contributed by atoms with Crippen LogP contribution >= 0.6 is 0 Å². The summed E-state index contributed by atoms with van der Waals surface area (Å²) in [4.78, 5) is 7.62. The summed E-state index contributed by atoms with van der Waals surface area (Å²) in [7, 11) is 1.62. The number of hydrogen-bond donors (Lipinski definition) is 1. The molecule has 100 valence electrons. The lowest BCUT2D eigenvalue weighted by Gasteiger charge is -2.07. The van der Waals surface area contributed by atoms with Gasteiger partial charge in [-0.15, -0.1) is 0 Å². The second kappa shape index (κ2) is 6.65. The summed E-state index contributed by atoms with van der Waals surface area (Å²) in [5, 5.41) is 2.96. The number of hydrogen-bond acceptors (Lipinski definition) is 5. The highest BCUT2D eigenvalue weighted by molar-refractivity contribution is 5.54. The highest BCUT2D eigenvalue weighted by atomic mass is 19.1. The zero-order chi connectivity index (χ0) is 13.5. The van der Waals surface area contributed by atoms with E-state index in [1.807, 2.05) is 24.3 Å². The first-order chi connectivity index (χ1) is 9.28. The Labute approximate surface area is 110 Å². The fraction of sp³-hybridized carbons (Fsp3) is 0.231. The standard InChI is InChI=1S/C13H14FN3O2/c1-18-6-7-19-12-4-2-11(3-5-12)17-13-15-8-10(14)9-16-13/h2-5,8-9H,6-7H2,1H3,(H,15,16,17). The molecule has 0 amide bonds. The summed E-state index contributed by atoms with van der Waals surface area (Å²) in [5.74, 6) is 0.629. The molecule has 0 aliphatic carbocycles. The van der Waals surface area contributed by atoms with Gasteiger partial charge in [-0.2, -0.15) is 0 Å². The Kier molecular flexibility index (Phi) is 4.63. The van der Waals surface area contributed by atoms with Crippen LogP contribution in [0.1, 0.15) is 0 Å². The van der Waals surface area contributed by atoms with E-state index >= 15 is 0 Å². The molecule has 0 saturated carbocycles. The minimum atomic E-state index is -0.465. The van der Waals surface area contributed by atoms with Crippen LogP contribution in [0.3, 0.4) is 0 Å². The first-order valence-corrected chi connectivity index (χ1v) is 5.74. The number of ether oxygens (including phenoxy) is 2. The van der Waals surface area contributed by atoms with Crippen molar-refractivity contribution >= 4 is 11.6 Å². The van der Waals surface area contributed by atoms with Gasteiger partial charge in [0.1, 0.15) is 12.4 Å². The zero-order valence-corrected chi connectivity index (χ0v) is 10.5. The Morgan fingerprint density at radius 2 is 1.79 bits per heavy atom. The molecule has 0 aliphatic rings. The van der Waals surface area contributed by atoms with Gasteiger partial charge in [0, 0.05) is 12.8 Å². The largest absolute Gasteiger partial charge is 0.491 e. The van der Waals surface area contributed by atoms with Crippen molar-refractivity contribution in [2.45, 2.75) is 0 Å². The van der Waals surface area contributed by atoms with E-state index in [9.17, 15) is 4.39 Å². The van der Waals surface area contributed by atoms with Crippen LogP contribution in [0.15, 0.2) is 36.7 Å². The Morgan fingerprint density at radius 1 is 1.11 bits per heavy atom. The van der Waals surface area contributed by atoms with Gasteiger partial charge in [-0.05, 0) is 24.3 Å². The van der Waals surface area contributed by atoms with Gasteiger partial charge >= 0.3 is 0 Å². The second-order valence-electron chi connectivity index (χ2n) is 3.72. The maximum Gasteiger partial charge on any atom is 0.227 e. The molecule has 2 aromatic rings. The third kappa shape index (κ3) is 4.18. The number of benzene rings is 1. The van der Waals surface area contributed by atoms with E-state index in [4.69, 9.17) is 9.47 Å². The van der Waals surface area contributed by atoms with E-state index in [1.54, 1.807) is 7.11 Å². The van der Waals surface area contributed by atoms with E-state index in [0.29, 0.717) is 19.2 Å². The zero-order valence-electron chi connectivity index (χ0n) is 10.5. The topological polar surface area (TPSA) is 56.3 Å². The fourth-order valence-corrected chi connectivity index (χ4v) is 1.38. The Bertz CT molecular complexity index is 502. The number of methoxy groups -OCH3 is 1. The molecule has 0 fully saturated rings. The molecule has 19 heavy (non-hydrogen) atoms. The molecule has 0 unspecified atom stereocenters. The lowest BCUT2D eigenvalue weighted by molar-refractivity contribution is 0.146. The van der Waals surface area contributed by atoms with Crippen molar-refractivity contribution in [2.75, 3.05) is 25.6 Å². The quantitative estimate of drug-likeness (QED) is 0.811. The van der Waals surface area contributed by atoms with Gasteiger partial charge in [0.05, 0.1) is 19.0 Å². The maximum absolute atomic E-state index is 12.6. The van der Waals surface area contributed by atoms with Crippen LogP contribution in [0.5, 0.6) is 5.75 Å². The van der Waals surface area contributed by atoms with Crippen LogP contribution < -0.4 is 10.1 Å². The molecule has 0 aliphatic heterocycles. The van der Waals surface area contributed by atoms with Crippen LogP contribution in [-0.2, 0) is 4.74 Å². The van der Waals surface area contributed by atoms with Crippen molar-refractivity contribution in [1.29, 1.82) is 0 Å². The molecule has 0 radical (unpaired) electrons. The molecule has 0 bridgehead atoms. The number of aromatic nitrogens is 2. The number of rotatable bonds is 6. The van der Waals surface area contributed by atoms with Gasteiger partial charge in [-0.25, -0.2) is 14.4 Å². The van der Waals surface area contributed by atoms with Crippen LogP contribution in [0, 0.1) is 5.82 Å². The molecule has 2 rings (SSSR count). The molecule has 0 saturated heterocycles.